The highest BCUT2D eigenvalue weighted by atomic mass is 16.6. The Balaban J connectivity index is 2.16. The molecule has 0 aromatic heterocycles. The summed E-state index contributed by atoms with van der Waals surface area (Å²) >= 11 is 0. The van der Waals surface area contributed by atoms with Crippen LogP contribution in [-0.2, 0) is 14.3 Å². The molecule has 0 spiro atoms. The van der Waals surface area contributed by atoms with Gasteiger partial charge in [-0.05, 0) is 38.5 Å². The van der Waals surface area contributed by atoms with Gasteiger partial charge in [-0.2, -0.15) is 0 Å². The van der Waals surface area contributed by atoms with Gasteiger partial charge in [-0.15, -0.1) is 0 Å². The Bertz CT molecular complexity index is 637. The number of hydrogen-bond donors (Lipinski definition) is 3. The SMILES string of the molecule is CC1=C(C(=O)OCCOC(C)C)C(c2ccc(O)cc2)NC(=O)N1. The van der Waals surface area contributed by atoms with Crippen LogP contribution < -0.4 is 10.6 Å². The summed E-state index contributed by atoms with van der Waals surface area (Å²) in [7, 11) is 0. The van der Waals surface area contributed by atoms with E-state index in [1.54, 1.807) is 19.1 Å². The monoisotopic (exact) mass is 334 g/mol. The van der Waals surface area contributed by atoms with E-state index in [4.69, 9.17) is 9.47 Å². The second kappa shape index (κ2) is 7.83. The topological polar surface area (TPSA) is 96.9 Å². The minimum Gasteiger partial charge on any atom is -0.508 e. The Morgan fingerprint density at radius 2 is 1.92 bits per heavy atom. The number of phenolic OH excluding ortho intramolecular Hbond substituents is 1. The van der Waals surface area contributed by atoms with E-state index in [0.717, 1.165) is 0 Å². The molecule has 1 aliphatic heterocycles. The van der Waals surface area contributed by atoms with Crippen molar-refractivity contribution in [1.29, 1.82) is 0 Å². The van der Waals surface area contributed by atoms with E-state index < -0.39 is 18.0 Å². The maximum Gasteiger partial charge on any atom is 0.338 e. The number of hydrogen-bond acceptors (Lipinski definition) is 5. The molecule has 0 saturated heterocycles. The molecule has 1 aromatic carbocycles. The second-order valence-electron chi connectivity index (χ2n) is 5.72. The first-order valence-corrected chi connectivity index (χ1v) is 7.74. The fourth-order valence-corrected chi connectivity index (χ4v) is 2.38. The zero-order valence-electron chi connectivity index (χ0n) is 14.0. The van der Waals surface area contributed by atoms with Gasteiger partial charge in [0.25, 0.3) is 0 Å². The third-order valence-corrected chi connectivity index (χ3v) is 3.48. The summed E-state index contributed by atoms with van der Waals surface area (Å²) in [4.78, 5) is 24.2. The fourth-order valence-electron chi connectivity index (χ4n) is 2.38. The first kappa shape index (κ1) is 17.8. The minimum atomic E-state index is -0.641. The quantitative estimate of drug-likeness (QED) is 0.546. The summed E-state index contributed by atoms with van der Waals surface area (Å²) in [6.07, 6.45) is 0.0602. The van der Waals surface area contributed by atoms with E-state index in [0.29, 0.717) is 23.4 Å². The van der Waals surface area contributed by atoms with E-state index in [2.05, 4.69) is 10.6 Å². The van der Waals surface area contributed by atoms with Crippen molar-refractivity contribution in [2.24, 2.45) is 0 Å². The third kappa shape index (κ3) is 4.48. The van der Waals surface area contributed by atoms with Crippen molar-refractivity contribution >= 4 is 12.0 Å². The van der Waals surface area contributed by atoms with Gasteiger partial charge in [0.2, 0.25) is 0 Å². The highest BCUT2D eigenvalue weighted by molar-refractivity contribution is 5.95. The van der Waals surface area contributed by atoms with Crippen molar-refractivity contribution < 1.29 is 24.2 Å². The van der Waals surface area contributed by atoms with Crippen LogP contribution in [0.15, 0.2) is 35.5 Å². The van der Waals surface area contributed by atoms with Gasteiger partial charge in [-0.1, -0.05) is 12.1 Å². The standard InChI is InChI=1S/C17H22N2O5/c1-10(2)23-8-9-24-16(21)14-11(3)18-17(22)19-15(14)12-4-6-13(20)7-5-12/h4-7,10,15,20H,8-9H2,1-3H3,(H2,18,19,22). The Kier molecular flexibility index (Phi) is 5.81. The molecule has 1 aromatic rings. The van der Waals surface area contributed by atoms with Gasteiger partial charge in [0, 0.05) is 5.70 Å². The lowest BCUT2D eigenvalue weighted by molar-refractivity contribution is -0.141. The lowest BCUT2D eigenvalue weighted by atomic mass is 9.95. The lowest BCUT2D eigenvalue weighted by Crippen LogP contribution is -2.45. The number of carbonyl (C=O) groups is 2. The van der Waals surface area contributed by atoms with Crippen LogP contribution in [-0.4, -0.2) is 36.4 Å². The Hall–Kier alpha value is -2.54. The first-order valence-electron chi connectivity index (χ1n) is 7.74. The van der Waals surface area contributed by atoms with Crippen LogP contribution in [0.25, 0.3) is 0 Å². The average Bonchev–Trinajstić information content (AvgIpc) is 2.51. The lowest BCUT2D eigenvalue weighted by Gasteiger charge is -2.28. The average molecular weight is 334 g/mol. The Morgan fingerprint density at radius 1 is 1.25 bits per heavy atom. The molecule has 2 amide bonds. The zero-order valence-corrected chi connectivity index (χ0v) is 14.0. The first-order chi connectivity index (χ1) is 11.4. The van der Waals surface area contributed by atoms with Crippen LogP contribution in [0.4, 0.5) is 4.79 Å². The van der Waals surface area contributed by atoms with Gasteiger partial charge in [0.05, 0.1) is 24.3 Å². The molecule has 3 N–H and O–H groups in total. The van der Waals surface area contributed by atoms with E-state index in [9.17, 15) is 14.7 Å². The molecular weight excluding hydrogens is 312 g/mol. The molecule has 130 valence electrons. The molecule has 1 unspecified atom stereocenters. The number of carbonyl (C=O) groups excluding carboxylic acids is 2. The van der Waals surface area contributed by atoms with E-state index in [-0.39, 0.29) is 18.5 Å². The maximum absolute atomic E-state index is 12.4. The molecular formula is C17H22N2O5. The number of rotatable bonds is 6. The molecule has 7 heteroatoms. The Labute approximate surface area is 140 Å². The summed E-state index contributed by atoms with van der Waals surface area (Å²) in [6, 6.07) is 5.25. The van der Waals surface area contributed by atoms with Gasteiger partial charge in [0.15, 0.2) is 0 Å². The van der Waals surface area contributed by atoms with Crippen molar-refractivity contribution in [2.45, 2.75) is 32.9 Å². The fraction of sp³-hybridized carbons (Fsp3) is 0.412. The molecule has 1 heterocycles. The highest BCUT2D eigenvalue weighted by Gasteiger charge is 2.32. The molecule has 2 rings (SSSR count). The van der Waals surface area contributed by atoms with Crippen LogP contribution >= 0.6 is 0 Å². The van der Waals surface area contributed by atoms with Crippen molar-refractivity contribution in [3.05, 3.63) is 41.1 Å². The van der Waals surface area contributed by atoms with Crippen molar-refractivity contribution in [3.8, 4) is 5.75 Å². The van der Waals surface area contributed by atoms with E-state index >= 15 is 0 Å². The number of phenols is 1. The number of urea groups is 1. The van der Waals surface area contributed by atoms with Gasteiger partial charge in [0.1, 0.15) is 12.4 Å². The number of allylic oxidation sites excluding steroid dienone is 1. The van der Waals surface area contributed by atoms with Crippen LogP contribution in [0.5, 0.6) is 5.75 Å². The number of ether oxygens (including phenoxy) is 2. The van der Waals surface area contributed by atoms with Crippen LogP contribution in [0.1, 0.15) is 32.4 Å². The predicted octanol–water partition coefficient (Wildman–Crippen LogP) is 1.99. The largest absolute Gasteiger partial charge is 0.508 e. The zero-order chi connectivity index (χ0) is 17.7. The van der Waals surface area contributed by atoms with Gasteiger partial charge < -0.3 is 25.2 Å². The number of benzene rings is 1. The summed E-state index contributed by atoms with van der Waals surface area (Å²) in [5.41, 5.74) is 1.43. The molecule has 7 nitrogen and oxygen atoms in total. The van der Waals surface area contributed by atoms with Crippen LogP contribution in [0, 0.1) is 0 Å². The number of esters is 1. The van der Waals surface area contributed by atoms with Crippen LogP contribution in [0.2, 0.25) is 0 Å². The molecule has 1 atom stereocenters. The second-order valence-corrected chi connectivity index (χ2v) is 5.72. The van der Waals surface area contributed by atoms with Crippen molar-refractivity contribution in [1.82, 2.24) is 10.6 Å². The van der Waals surface area contributed by atoms with Crippen LogP contribution in [0.3, 0.4) is 0 Å². The molecule has 0 radical (unpaired) electrons. The molecule has 0 saturated carbocycles. The van der Waals surface area contributed by atoms with Gasteiger partial charge in [-0.3, -0.25) is 0 Å². The number of nitrogens with one attached hydrogen (secondary N) is 2. The molecule has 0 aliphatic carbocycles. The maximum atomic E-state index is 12.4. The number of amides is 2. The summed E-state index contributed by atoms with van der Waals surface area (Å²) in [6.45, 7) is 5.88. The molecule has 24 heavy (non-hydrogen) atoms. The van der Waals surface area contributed by atoms with Gasteiger partial charge >= 0.3 is 12.0 Å². The summed E-state index contributed by atoms with van der Waals surface area (Å²) < 4.78 is 10.6. The normalized spacial score (nSPS) is 17.5. The Morgan fingerprint density at radius 3 is 2.54 bits per heavy atom. The molecule has 0 bridgehead atoms. The van der Waals surface area contributed by atoms with Gasteiger partial charge in [-0.25, -0.2) is 9.59 Å². The molecule has 0 fully saturated rings. The minimum absolute atomic E-state index is 0.0602. The predicted molar refractivity (Wildman–Crippen MR) is 87.3 cm³/mol. The van der Waals surface area contributed by atoms with E-state index in [1.165, 1.54) is 12.1 Å². The smallest absolute Gasteiger partial charge is 0.338 e. The van der Waals surface area contributed by atoms with Crippen molar-refractivity contribution in [2.75, 3.05) is 13.2 Å². The number of aromatic hydroxyl groups is 1. The molecule has 1 aliphatic rings. The third-order valence-electron chi connectivity index (χ3n) is 3.48. The van der Waals surface area contributed by atoms with E-state index in [1.807, 2.05) is 13.8 Å². The van der Waals surface area contributed by atoms with Crippen molar-refractivity contribution in [3.63, 3.8) is 0 Å². The summed E-state index contributed by atoms with van der Waals surface area (Å²) in [5.74, 6) is -0.417. The highest BCUT2D eigenvalue weighted by Crippen LogP contribution is 2.28. The summed E-state index contributed by atoms with van der Waals surface area (Å²) in [5, 5.41) is 14.7.